The van der Waals surface area contributed by atoms with Gasteiger partial charge in [-0.2, -0.15) is 0 Å². The van der Waals surface area contributed by atoms with Gasteiger partial charge in [-0.25, -0.2) is 4.79 Å². The van der Waals surface area contributed by atoms with E-state index < -0.39 is 72.8 Å². The predicted octanol–water partition coefficient (Wildman–Crippen LogP) is -4.79. The van der Waals surface area contributed by atoms with Crippen molar-refractivity contribution in [3.05, 3.63) is 0 Å². The Kier molecular flexibility index (Phi) is 16.2. The largest absolute Gasteiger partial charge is 0.481 e. The fourth-order valence-corrected chi connectivity index (χ4v) is 3.15. The summed E-state index contributed by atoms with van der Waals surface area (Å²) in [6.45, 7) is 1.53. The van der Waals surface area contributed by atoms with E-state index in [0.717, 1.165) is 0 Å². The molecule has 0 aromatic rings. The second-order valence-electron chi connectivity index (χ2n) is 8.62. The topological polar surface area (TPSA) is 337 Å². The van der Waals surface area contributed by atoms with Gasteiger partial charge in [0.05, 0.1) is 12.1 Å². The molecule has 18 nitrogen and oxygen atoms in total. The number of aliphatic hydroxyl groups is 1. The van der Waals surface area contributed by atoms with Crippen LogP contribution < -0.4 is 44.6 Å². The Morgan fingerprint density at radius 1 is 0.744 bits per heavy atom. The molecule has 0 aromatic heterocycles. The maximum Gasteiger partial charge on any atom is 0.326 e. The van der Waals surface area contributed by atoms with Crippen molar-refractivity contribution in [3.63, 3.8) is 0 Å². The number of nitrogens with zero attached hydrogens (tertiary/aromatic N) is 2. The standard InChI is InChI=1S/C21H40N10O8/c1-10(32)15(31-16(35)11(22)4-2-8-27-20(23)24)18(37)29-12(6-7-14(33)34)17(36)30-13(19(38)39)5-3-9-28-21(25)26/h10-13,15,32H,2-9,22H2,1H3,(H,29,37)(H,30,36)(H,31,35)(H,33,34)(H,38,39)(H4,23,24,27)(H4,25,26,28). The van der Waals surface area contributed by atoms with Crippen LogP contribution in [0.1, 0.15) is 45.4 Å². The van der Waals surface area contributed by atoms with Crippen molar-refractivity contribution < 1.29 is 39.3 Å². The Labute approximate surface area is 224 Å². The molecule has 18 heteroatoms. The Hall–Kier alpha value is -4.19. The molecule has 39 heavy (non-hydrogen) atoms. The number of carboxylic acids is 2. The first-order valence-corrected chi connectivity index (χ1v) is 12.1. The van der Waals surface area contributed by atoms with E-state index in [2.05, 4.69) is 25.9 Å². The number of carbonyl (C=O) groups excluding carboxylic acids is 3. The highest BCUT2D eigenvalue weighted by Gasteiger charge is 2.32. The summed E-state index contributed by atoms with van der Waals surface area (Å²) in [5, 5.41) is 35.3. The third-order valence-corrected chi connectivity index (χ3v) is 5.21. The maximum absolute atomic E-state index is 12.9. The lowest BCUT2D eigenvalue weighted by Crippen LogP contribution is -2.59. The second-order valence-corrected chi connectivity index (χ2v) is 8.62. The molecule has 0 aromatic carbocycles. The van der Waals surface area contributed by atoms with Gasteiger partial charge in [0, 0.05) is 19.5 Å². The molecule has 0 radical (unpaired) electrons. The minimum Gasteiger partial charge on any atom is -0.481 e. The first kappa shape index (κ1) is 34.8. The summed E-state index contributed by atoms with van der Waals surface area (Å²) >= 11 is 0. The van der Waals surface area contributed by atoms with E-state index >= 15 is 0 Å². The van der Waals surface area contributed by atoms with Gasteiger partial charge in [0.1, 0.15) is 18.1 Å². The minimum absolute atomic E-state index is 0.0646. The highest BCUT2D eigenvalue weighted by atomic mass is 16.4. The second kappa shape index (κ2) is 18.1. The average molecular weight is 561 g/mol. The molecule has 0 fully saturated rings. The van der Waals surface area contributed by atoms with Crippen LogP contribution in [-0.2, 0) is 24.0 Å². The molecule has 0 aliphatic carbocycles. The van der Waals surface area contributed by atoms with E-state index in [1.54, 1.807) is 0 Å². The third kappa shape index (κ3) is 15.6. The fraction of sp³-hybridized carbons (Fsp3) is 0.667. The van der Waals surface area contributed by atoms with Crippen LogP contribution in [0, 0.1) is 0 Å². The number of guanidine groups is 2. The summed E-state index contributed by atoms with van der Waals surface area (Å²) in [5.41, 5.74) is 26.7. The van der Waals surface area contributed by atoms with Gasteiger partial charge in [-0.1, -0.05) is 0 Å². The van der Waals surface area contributed by atoms with Crippen LogP contribution in [0.25, 0.3) is 0 Å². The van der Waals surface area contributed by atoms with Gasteiger partial charge in [0.25, 0.3) is 0 Å². The van der Waals surface area contributed by atoms with Crippen molar-refractivity contribution in [1.29, 1.82) is 0 Å². The Bertz CT molecular complexity index is 903. The molecule has 0 saturated carbocycles. The van der Waals surface area contributed by atoms with Crippen LogP contribution in [0.3, 0.4) is 0 Å². The lowest BCUT2D eigenvalue weighted by molar-refractivity contribution is -0.143. The van der Waals surface area contributed by atoms with Gasteiger partial charge in [-0.15, -0.1) is 0 Å². The monoisotopic (exact) mass is 560 g/mol. The van der Waals surface area contributed by atoms with E-state index in [4.69, 9.17) is 33.8 Å². The molecule has 0 aliphatic heterocycles. The summed E-state index contributed by atoms with van der Waals surface area (Å²) in [4.78, 5) is 68.3. The summed E-state index contributed by atoms with van der Waals surface area (Å²) in [5.74, 6) is -5.74. The Balaban J connectivity index is 5.41. The SMILES string of the molecule is CC(O)C(NC(=O)C(N)CCCN=C(N)N)C(=O)NC(CCC(=O)O)C(=O)NC(CCCN=C(N)N)C(=O)O. The van der Waals surface area contributed by atoms with Gasteiger partial charge in [-0.05, 0) is 39.0 Å². The Morgan fingerprint density at radius 3 is 1.72 bits per heavy atom. The zero-order chi connectivity index (χ0) is 30.1. The van der Waals surface area contributed by atoms with Crippen LogP contribution in [0.5, 0.6) is 0 Å². The number of aliphatic hydroxyl groups excluding tert-OH is 1. The number of amides is 3. The molecule has 5 atom stereocenters. The quantitative estimate of drug-likeness (QED) is 0.0401. The zero-order valence-corrected chi connectivity index (χ0v) is 21.7. The average Bonchev–Trinajstić information content (AvgIpc) is 2.83. The molecular formula is C21H40N10O8. The molecule has 0 heterocycles. The number of rotatable bonds is 19. The molecule has 3 amide bonds. The first-order valence-electron chi connectivity index (χ1n) is 12.1. The zero-order valence-electron chi connectivity index (χ0n) is 21.7. The van der Waals surface area contributed by atoms with Crippen molar-refractivity contribution in [2.24, 2.45) is 38.7 Å². The molecule has 222 valence electrons. The van der Waals surface area contributed by atoms with E-state index in [1.165, 1.54) is 6.92 Å². The Morgan fingerprint density at radius 2 is 1.26 bits per heavy atom. The smallest absolute Gasteiger partial charge is 0.326 e. The molecule has 16 N–H and O–H groups in total. The molecular weight excluding hydrogens is 520 g/mol. The van der Waals surface area contributed by atoms with Crippen LogP contribution in [-0.4, -0.2) is 100 Å². The van der Waals surface area contributed by atoms with Gasteiger partial charge >= 0.3 is 11.9 Å². The van der Waals surface area contributed by atoms with Gasteiger partial charge in [0.2, 0.25) is 17.7 Å². The highest BCUT2D eigenvalue weighted by Crippen LogP contribution is 2.05. The number of nitrogens with two attached hydrogens (primary N) is 5. The highest BCUT2D eigenvalue weighted by molar-refractivity contribution is 5.94. The van der Waals surface area contributed by atoms with E-state index in [-0.39, 0.29) is 44.3 Å². The number of carboxylic acid groups (broad SMARTS) is 2. The minimum atomic E-state index is -1.56. The lowest BCUT2D eigenvalue weighted by atomic mass is 10.1. The van der Waals surface area contributed by atoms with E-state index in [0.29, 0.717) is 6.42 Å². The number of aliphatic imine (C=N–C) groups is 2. The first-order chi connectivity index (χ1) is 18.1. The number of aliphatic carboxylic acids is 2. The van der Waals surface area contributed by atoms with Crippen molar-refractivity contribution in [2.75, 3.05) is 13.1 Å². The number of hydrogen-bond acceptors (Lipinski definition) is 9. The fourth-order valence-electron chi connectivity index (χ4n) is 3.15. The van der Waals surface area contributed by atoms with Crippen LogP contribution >= 0.6 is 0 Å². The van der Waals surface area contributed by atoms with Crippen LogP contribution in [0.15, 0.2) is 9.98 Å². The number of hydrogen-bond donors (Lipinski definition) is 11. The van der Waals surface area contributed by atoms with E-state index in [1.807, 2.05) is 0 Å². The van der Waals surface area contributed by atoms with Crippen molar-refractivity contribution >= 4 is 41.6 Å². The van der Waals surface area contributed by atoms with Gasteiger partial charge in [0.15, 0.2) is 11.9 Å². The van der Waals surface area contributed by atoms with Crippen molar-refractivity contribution in [3.8, 4) is 0 Å². The number of carbonyl (C=O) groups is 5. The predicted molar refractivity (Wildman–Crippen MR) is 140 cm³/mol. The summed E-state index contributed by atoms with van der Waals surface area (Å²) in [6, 6.07) is -5.52. The van der Waals surface area contributed by atoms with Crippen LogP contribution in [0.2, 0.25) is 0 Å². The molecule has 0 spiro atoms. The molecule has 0 bridgehead atoms. The van der Waals surface area contributed by atoms with Crippen LogP contribution in [0.4, 0.5) is 0 Å². The van der Waals surface area contributed by atoms with E-state index in [9.17, 15) is 34.2 Å². The summed E-state index contributed by atoms with van der Waals surface area (Å²) in [6.07, 6.45) is -1.75. The molecule has 0 aliphatic rings. The number of nitrogens with one attached hydrogen (secondary N) is 3. The third-order valence-electron chi connectivity index (χ3n) is 5.21. The van der Waals surface area contributed by atoms with Crippen molar-refractivity contribution in [2.45, 2.75) is 75.7 Å². The van der Waals surface area contributed by atoms with Gasteiger partial charge in [-0.3, -0.25) is 29.2 Å². The normalized spacial score (nSPS) is 14.4. The summed E-state index contributed by atoms with van der Waals surface area (Å²) in [7, 11) is 0. The molecule has 0 saturated heterocycles. The molecule has 5 unspecified atom stereocenters. The molecule has 0 rings (SSSR count). The van der Waals surface area contributed by atoms with Gasteiger partial charge < -0.3 is 59.9 Å². The maximum atomic E-state index is 12.9. The lowest BCUT2D eigenvalue weighted by Gasteiger charge is -2.26. The summed E-state index contributed by atoms with van der Waals surface area (Å²) < 4.78 is 0. The van der Waals surface area contributed by atoms with Crippen molar-refractivity contribution in [1.82, 2.24) is 16.0 Å².